The zero-order valence-electron chi connectivity index (χ0n) is 24.7. The van der Waals surface area contributed by atoms with E-state index < -0.39 is 14.6 Å². The van der Waals surface area contributed by atoms with Crippen molar-refractivity contribution in [2.24, 2.45) is 0 Å². The van der Waals surface area contributed by atoms with Crippen molar-refractivity contribution in [3.63, 3.8) is 0 Å². The first-order valence-electron chi connectivity index (χ1n) is 14.5. The molecule has 45 heavy (non-hydrogen) atoms. The molecule has 4 N–H and O–H groups in total. The summed E-state index contributed by atoms with van der Waals surface area (Å²) in [6.07, 6.45) is 4.52. The summed E-state index contributed by atoms with van der Waals surface area (Å²) in [6, 6.07) is 21.7. The standard InChI is InChI=1S/C32H31N8O4P/c1-20-5-3-6-23(13-20)36-24-15-29-31(34-18-24)38-32(40(29)19-44-45(41,42)43)22-7-10-30(33-17-22)37-28-14-21(2)35-27-9-8-25(16-26(27)28)39-11-4-12-39/h3,5-10,13-18,36H,4,11-12,19H2,1-2H3,(H,33,35,37)(H2,41,42,43). The second-order valence-corrected chi connectivity index (χ2v) is 12.3. The van der Waals surface area contributed by atoms with Gasteiger partial charge in [-0.25, -0.2) is 19.5 Å². The van der Waals surface area contributed by atoms with E-state index in [1.54, 1.807) is 17.0 Å². The third-order valence-electron chi connectivity index (χ3n) is 7.69. The lowest BCUT2D eigenvalue weighted by Crippen LogP contribution is -2.36. The van der Waals surface area contributed by atoms with Crippen LogP contribution in [0.25, 0.3) is 33.5 Å². The number of pyridine rings is 3. The Bertz CT molecular complexity index is 2090. The van der Waals surface area contributed by atoms with Gasteiger partial charge in [-0.1, -0.05) is 12.1 Å². The van der Waals surface area contributed by atoms with Gasteiger partial charge in [-0.15, -0.1) is 0 Å². The van der Waals surface area contributed by atoms with Gasteiger partial charge in [-0.3, -0.25) is 14.1 Å². The largest absolute Gasteiger partial charge is 0.471 e. The highest BCUT2D eigenvalue weighted by molar-refractivity contribution is 7.46. The normalized spacial score (nSPS) is 13.3. The molecule has 2 aromatic carbocycles. The number of anilines is 5. The van der Waals surface area contributed by atoms with Crippen molar-refractivity contribution in [2.45, 2.75) is 27.0 Å². The number of phosphoric ester groups is 1. The minimum atomic E-state index is -4.77. The van der Waals surface area contributed by atoms with E-state index in [1.165, 1.54) is 12.1 Å². The maximum atomic E-state index is 11.6. The minimum Gasteiger partial charge on any atom is -0.371 e. The maximum absolute atomic E-state index is 11.6. The molecule has 0 atom stereocenters. The van der Waals surface area contributed by atoms with E-state index in [0.29, 0.717) is 34.1 Å². The Morgan fingerprint density at radius 3 is 2.51 bits per heavy atom. The first-order valence-corrected chi connectivity index (χ1v) is 16.0. The quantitative estimate of drug-likeness (QED) is 0.132. The van der Waals surface area contributed by atoms with E-state index in [4.69, 9.17) is 9.51 Å². The molecule has 0 radical (unpaired) electrons. The molecule has 228 valence electrons. The first-order chi connectivity index (χ1) is 21.7. The van der Waals surface area contributed by atoms with Gasteiger partial charge in [-0.05, 0) is 80.4 Å². The number of aryl methyl sites for hydroxylation is 2. The van der Waals surface area contributed by atoms with Crippen LogP contribution in [0.1, 0.15) is 17.7 Å². The summed E-state index contributed by atoms with van der Waals surface area (Å²) >= 11 is 0. The molecule has 1 saturated heterocycles. The highest BCUT2D eigenvalue weighted by Crippen LogP contribution is 2.38. The van der Waals surface area contributed by atoms with Gasteiger partial charge in [0, 0.05) is 47.3 Å². The number of hydrogen-bond donors (Lipinski definition) is 4. The summed E-state index contributed by atoms with van der Waals surface area (Å²) in [4.78, 5) is 39.8. The van der Waals surface area contributed by atoms with Crippen LogP contribution in [0.4, 0.5) is 28.6 Å². The molecule has 0 unspecified atom stereocenters. The zero-order chi connectivity index (χ0) is 31.1. The molecule has 12 nitrogen and oxygen atoms in total. The number of hydrogen-bond acceptors (Lipinski definition) is 9. The topological polar surface area (TPSA) is 151 Å². The molecule has 7 rings (SSSR count). The minimum absolute atomic E-state index is 0.396. The number of benzene rings is 2. The molecule has 1 aliphatic heterocycles. The third-order valence-corrected chi connectivity index (χ3v) is 8.15. The van der Waals surface area contributed by atoms with E-state index in [9.17, 15) is 14.4 Å². The monoisotopic (exact) mass is 622 g/mol. The first kappa shape index (κ1) is 28.9. The zero-order valence-corrected chi connectivity index (χ0v) is 25.6. The molecule has 0 aliphatic carbocycles. The van der Waals surface area contributed by atoms with Gasteiger partial charge in [0.15, 0.2) is 5.65 Å². The molecule has 0 saturated carbocycles. The average Bonchev–Trinajstić information content (AvgIpc) is 3.33. The smallest absolute Gasteiger partial charge is 0.371 e. The fraction of sp³-hybridized carbons (Fsp3) is 0.188. The van der Waals surface area contributed by atoms with Crippen molar-refractivity contribution < 1.29 is 18.9 Å². The Balaban J connectivity index is 1.21. The second kappa shape index (κ2) is 11.6. The summed E-state index contributed by atoms with van der Waals surface area (Å²) in [5, 5.41) is 7.78. The Hall–Kier alpha value is -4.87. The van der Waals surface area contributed by atoms with Gasteiger partial charge in [-0.2, -0.15) is 0 Å². The van der Waals surface area contributed by atoms with Crippen LogP contribution in [0.3, 0.4) is 0 Å². The average molecular weight is 623 g/mol. The van der Waals surface area contributed by atoms with Crippen molar-refractivity contribution in [3.8, 4) is 11.4 Å². The predicted octanol–water partition coefficient (Wildman–Crippen LogP) is 6.42. The number of aromatic nitrogens is 5. The van der Waals surface area contributed by atoms with Gasteiger partial charge in [0.05, 0.1) is 28.6 Å². The van der Waals surface area contributed by atoms with Gasteiger partial charge in [0.1, 0.15) is 18.4 Å². The molecule has 1 aliphatic rings. The van der Waals surface area contributed by atoms with Crippen LogP contribution in [0.2, 0.25) is 0 Å². The number of fused-ring (bicyclic) bond motifs is 2. The van der Waals surface area contributed by atoms with Crippen LogP contribution in [-0.4, -0.2) is 47.4 Å². The van der Waals surface area contributed by atoms with Gasteiger partial charge in [0.25, 0.3) is 0 Å². The molecule has 5 heterocycles. The van der Waals surface area contributed by atoms with E-state index >= 15 is 0 Å². The SMILES string of the molecule is Cc1cccc(Nc2cnc3nc(-c4ccc(Nc5cc(C)nc6ccc(N7CCC7)cc56)nc4)n(COP(=O)(O)O)c3c2)c1. The van der Waals surface area contributed by atoms with E-state index in [-0.39, 0.29) is 0 Å². The molecule has 0 spiro atoms. The number of imidazole rings is 1. The molecule has 0 bridgehead atoms. The summed E-state index contributed by atoms with van der Waals surface area (Å²) in [5.74, 6) is 1.03. The van der Waals surface area contributed by atoms with Crippen molar-refractivity contribution in [1.82, 2.24) is 24.5 Å². The molecule has 0 amide bonds. The van der Waals surface area contributed by atoms with E-state index in [2.05, 4.69) is 48.7 Å². The predicted molar refractivity (Wildman–Crippen MR) is 175 cm³/mol. The van der Waals surface area contributed by atoms with Gasteiger partial charge < -0.3 is 25.3 Å². The highest BCUT2D eigenvalue weighted by atomic mass is 31.2. The Kier molecular flexibility index (Phi) is 7.42. The molecular formula is C32H31N8O4P. The third kappa shape index (κ3) is 6.22. The number of rotatable bonds is 9. The fourth-order valence-electron chi connectivity index (χ4n) is 5.41. The van der Waals surface area contributed by atoms with Crippen LogP contribution in [0.15, 0.2) is 79.1 Å². The van der Waals surface area contributed by atoms with E-state index in [0.717, 1.165) is 46.6 Å². The summed E-state index contributed by atoms with van der Waals surface area (Å²) in [5.41, 5.74) is 8.10. The van der Waals surface area contributed by atoms with E-state index in [1.807, 2.05) is 62.4 Å². The lowest BCUT2D eigenvalue weighted by molar-refractivity contribution is 0.157. The Labute approximate surface area is 259 Å². The molecule has 4 aromatic heterocycles. The second-order valence-electron chi connectivity index (χ2n) is 11.1. The maximum Gasteiger partial charge on any atom is 0.471 e. The molecular weight excluding hydrogens is 591 g/mol. The Morgan fingerprint density at radius 1 is 0.911 bits per heavy atom. The number of nitrogens with zero attached hydrogens (tertiary/aromatic N) is 6. The molecule has 6 aromatic rings. The van der Waals surface area contributed by atoms with Crippen LogP contribution < -0.4 is 15.5 Å². The fourth-order valence-corrected chi connectivity index (χ4v) is 5.67. The highest BCUT2D eigenvalue weighted by Gasteiger charge is 2.20. The summed E-state index contributed by atoms with van der Waals surface area (Å²) in [7, 11) is -4.77. The van der Waals surface area contributed by atoms with Crippen LogP contribution >= 0.6 is 7.82 Å². The summed E-state index contributed by atoms with van der Waals surface area (Å²) in [6.45, 7) is 5.64. The van der Waals surface area contributed by atoms with Crippen molar-refractivity contribution >= 4 is 58.5 Å². The molecule has 1 fully saturated rings. The van der Waals surface area contributed by atoms with Crippen molar-refractivity contribution in [1.29, 1.82) is 0 Å². The lowest BCUT2D eigenvalue weighted by Gasteiger charge is -2.33. The van der Waals surface area contributed by atoms with Gasteiger partial charge in [0.2, 0.25) is 0 Å². The lowest BCUT2D eigenvalue weighted by atomic mass is 10.1. The van der Waals surface area contributed by atoms with Crippen LogP contribution in [-0.2, 0) is 15.8 Å². The van der Waals surface area contributed by atoms with Crippen LogP contribution in [0.5, 0.6) is 0 Å². The van der Waals surface area contributed by atoms with Crippen LogP contribution in [0, 0.1) is 13.8 Å². The number of nitrogens with one attached hydrogen (secondary N) is 2. The van der Waals surface area contributed by atoms with Crippen molar-refractivity contribution in [3.05, 3.63) is 90.4 Å². The molecule has 13 heteroatoms. The number of phosphoric acid groups is 1. The summed E-state index contributed by atoms with van der Waals surface area (Å²) < 4.78 is 18.1. The Morgan fingerprint density at radius 2 is 1.78 bits per heavy atom. The van der Waals surface area contributed by atoms with Crippen molar-refractivity contribution in [2.75, 3.05) is 28.6 Å². The van der Waals surface area contributed by atoms with Gasteiger partial charge >= 0.3 is 7.82 Å².